The average Bonchev–Trinajstić information content (AvgIpc) is 3.34. The zero-order valence-electron chi connectivity index (χ0n) is 16.5. The first-order chi connectivity index (χ1) is 14.6. The molecule has 30 heavy (non-hydrogen) atoms. The summed E-state index contributed by atoms with van der Waals surface area (Å²) in [5.74, 6) is 0.905. The van der Waals surface area contributed by atoms with Gasteiger partial charge in [-0.2, -0.15) is 4.98 Å². The van der Waals surface area contributed by atoms with Crippen molar-refractivity contribution in [2.75, 3.05) is 0 Å². The second-order valence-corrected chi connectivity index (χ2v) is 7.29. The number of hydrogen-bond acceptors (Lipinski definition) is 4. The van der Waals surface area contributed by atoms with E-state index in [4.69, 9.17) is 4.42 Å². The van der Waals surface area contributed by atoms with Gasteiger partial charge in [-0.3, -0.25) is 18.3 Å². The van der Waals surface area contributed by atoms with Crippen LogP contribution in [0.1, 0.15) is 12.0 Å². The number of fused-ring (bicyclic) bond motifs is 3. The minimum atomic E-state index is -0.371. The van der Waals surface area contributed by atoms with Crippen LogP contribution in [0, 0.1) is 0 Å². The molecule has 0 unspecified atom stereocenters. The van der Waals surface area contributed by atoms with Crippen molar-refractivity contribution in [2.24, 2.45) is 7.05 Å². The third-order valence-electron chi connectivity index (χ3n) is 5.34. The lowest BCUT2D eigenvalue weighted by Gasteiger charge is -2.08. The quantitative estimate of drug-likeness (QED) is 0.454. The Morgan fingerprint density at radius 1 is 0.967 bits per heavy atom. The molecule has 150 valence electrons. The van der Waals surface area contributed by atoms with Crippen molar-refractivity contribution in [3.05, 3.63) is 93.3 Å². The van der Waals surface area contributed by atoms with Gasteiger partial charge in [0.25, 0.3) is 5.56 Å². The van der Waals surface area contributed by atoms with Crippen molar-refractivity contribution in [2.45, 2.75) is 19.4 Å². The first-order valence-electron chi connectivity index (χ1n) is 9.84. The Bertz CT molecular complexity index is 1460. The van der Waals surface area contributed by atoms with Gasteiger partial charge < -0.3 is 4.42 Å². The van der Waals surface area contributed by atoms with Crippen LogP contribution in [0.5, 0.6) is 0 Å². The van der Waals surface area contributed by atoms with Crippen molar-refractivity contribution < 1.29 is 4.42 Å². The van der Waals surface area contributed by atoms with Crippen molar-refractivity contribution in [1.82, 2.24) is 18.5 Å². The van der Waals surface area contributed by atoms with Crippen molar-refractivity contribution in [3.63, 3.8) is 0 Å². The fourth-order valence-corrected chi connectivity index (χ4v) is 3.77. The molecule has 5 rings (SSSR count). The molecular weight excluding hydrogens is 380 g/mol. The molecule has 0 saturated carbocycles. The third-order valence-corrected chi connectivity index (χ3v) is 5.34. The van der Waals surface area contributed by atoms with E-state index in [2.05, 4.69) is 4.98 Å². The first kappa shape index (κ1) is 18.2. The zero-order valence-corrected chi connectivity index (χ0v) is 16.5. The molecule has 0 saturated heterocycles. The van der Waals surface area contributed by atoms with E-state index < -0.39 is 0 Å². The monoisotopic (exact) mass is 400 g/mol. The van der Waals surface area contributed by atoms with Gasteiger partial charge in [-0.05, 0) is 18.4 Å². The van der Waals surface area contributed by atoms with E-state index in [1.165, 1.54) is 14.7 Å². The molecular formula is C23H20N4O3. The molecule has 0 spiro atoms. The highest BCUT2D eigenvalue weighted by atomic mass is 16.4. The minimum Gasteiger partial charge on any atom is -0.423 e. The topological polar surface area (TPSA) is 74.4 Å². The number of nitrogens with zero attached hydrogens (tertiary/aromatic N) is 4. The molecule has 2 aromatic carbocycles. The molecule has 0 atom stereocenters. The van der Waals surface area contributed by atoms with Crippen LogP contribution in [0.25, 0.3) is 28.3 Å². The number of benzene rings is 2. The summed E-state index contributed by atoms with van der Waals surface area (Å²) in [4.78, 5) is 30.4. The van der Waals surface area contributed by atoms with E-state index in [0.717, 1.165) is 12.0 Å². The van der Waals surface area contributed by atoms with Crippen LogP contribution in [-0.4, -0.2) is 18.5 Å². The summed E-state index contributed by atoms with van der Waals surface area (Å²) in [6.07, 6.45) is 3.23. The Morgan fingerprint density at radius 2 is 1.67 bits per heavy atom. The maximum Gasteiger partial charge on any atom is 0.332 e. The molecule has 0 N–H and O–H groups in total. The number of aromatic nitrogens is 4. The SMILES string of the molecule is Cn1c(=O)n(CCCc2ccccc2)c(=O)c2c1nc1oc(-c3ccccc3)cn12. The van der Waals surface area contributed by atoms with E-state index in [1.807, 2.05) is 60.7 Å². The van der Waals surface area contributed by atoms with Gasteiger partial charge in [0.1, 0.15) is 0 Å². The van der Waals surface area contributed by atoms with Gasteiger partial charge in [-0.25, -0.2) is 4.79 Å². The van der Waals surface area contributed by atoms with E-state index in [9.17, 15) is 9.59 Å². The maximum atomic E-state index is 13.2. The van der Waals surface area contributed by atoms with Crippen LogP contribution < -0.4 is 11.2 Å². The smallest absolute Gasteiger partial charge is 0.332 e. The Balaban J connectivity index is 1.57. The minimum absolute atomic E-state index is 0.290. The summed E-state index contributed by atoms with van der Waals surface area (Å²) in [7, 11) is 1.63. The van der Waals surface area contributed by atoms with Gasteiger partial charge in [0.05, 0.1) is 6.20 Å². The number of imidazole rings is 1. The van der Waals surface area contributed by atoms with Crippen LogP contribution in [0.4, 0.5) is 0 Å². The van der Waals surface area contributed by atoms with Gasteiger partial charge in [-0.1, -0.05) is 60.7 Å². The van der Waals surface area contributed by atoms with Crippen LogP contribution in [0.15, 0.2) is 80.9 Å². The van der Waals surface area contributed by atoms with E-state index in [-0.39, 0.29) is 17.1 Å². The molecule has 3 heterocycles. The highest BCUT2D eigenvalue weighted by Crippen LogP contribution is 2.24. The Morgan fingerprint density at radius 3 is 2.40 bits per heavy atom. The van der Waals surface area contributed by atoms with Gasteiger partial charge in [-0.15, -0.1) is 0 Å². The van der Waals surface area contributed by atoms with E-state index in [1.54, 1.807) is 17.6 Å². The molecule has 0 radical (unpaired) electrons. The van der Waals surface area contributed by atoms with Gasteiger partial charge in [0.15, 0.2) is 16.9 Å². The Hall–Kier alpha value is -3.87. The number of rotatable bonds is 5. The lowest BCUT2D eigenvalue weighted by Crippen LogP contribution is -2.39. The summed E-state index contributed by atoms with van der Waals surface area (Å²) < 4.78 is 10.2. The molecule has 7 heteroatoms. The molecule has 3 aromatic heterocycles. The summed E-state index contributed by atoms with van der Waals surface area (Å²) in [5, 5.41) is 0. The summed E-state index contributed by atoms with van der Waals surface area (Å²) >= 11 is 0. The maximum absolute atomic E-state index is 13.2. The molecule has 0 bridgehead atoms. The van der Waals surface area contributed by atoms with Crippen LogP contribution in [0.2, 0.25) is 0 Å². The Labute approximate surface area is 171 Å². The third kappa shape index (κ3) is 2.95. The van der Waals surface area contributed by atoms with Crippen LogP contribution in [0.3, 0.4) is 0 Å². The molecule has 5 aromatic rings. The molecule has 0 aliphatic carbocycles. The lowest BCUT2D eigenvalue weighted by atomic mass is 10.1. The molecule has 0 fully saturated rings. The summed E-state index contributed by atoms with van der Waals surface area (Å²) in [5.41, 5.74) is 2.01. The normalized spacial score (nSPS) is 11.5. The van der Waals surface area contributed by atoms with Crippen molar-refractivity contribution in [3.8, 4) is 11.3 Å². The number of hydrogen-bond donors (Lipinski definition) is 0. The zero-order chi connectivity index (χ0) is 20.7. The standard InChI is InChI=1S/C23H20N4O3/c1-25-20-19(27-15-18(30-22(27)24-20)17-12-6-3-7-13-17)21(28)26(23(25)29)14-8-11-16-9-4-2-5-10-16/h2-7,9-10,12-13,15H,8,11,14H2,1H3. The Kier molecular flexibility index (Phi) is 4.35. The number of aryl methyl sites for hydroxylation is 2. The number of oxazole rings is 1. The van der Waals surface area contributed by atoms with E-state index in [0.29, 0.717) is 29.9 Å². The first-order valence-corrected chi connectivity index (χ1v) is 9.84. The highest BCUT2D eigenvalue weighted by molar-refractivity contribution is 5.76. The predicted octanol–water partition coefficient (Wildman–Crippen LogP) is 3.24. The molecule has 0 amide bonds. The van der Waals surface area contributed by atoms with Crippen LogP contribution >= 0.6 is 0 Å². The van der Waals surface area contributed by atoms with Gasteiger partial charge in [0.2, 0.25) is 0 Å². The molecule has 0 aliphatic rings. The van der Waals surface area contributed by atoms with Crippen LogP contribution in [-0.2, 0) is 20.0 Å². The highest BCUT2D eigenvalue weighted by Gasteiger charge is 2.19. The summed E-state index contributed by atoms with van der Waals surface area (Å²) in [6.45, 7) is 0.340. The second kappa shape index (κ2) is 7.18. The largest absolute Gasteiger partial charge is 0.423 e. The average molecular weight is 400 g/mol. The fourth-order valence-electron chi connectivity index (χ4n) is 3.77. The fraction of sp³-hybridized carbons (Fsp3) is 0.174. The second-order valence-electron chi connectivity index (χ2n) is 7.29. The van der Waals surface area contributed by atoms with Crippen molar-refractivity contribution in [1.29, 1.82) is 0 Å². The summed E-state index contributed by atoms with van der Waals surface area (Å²) in [6, 6.07) is 19.6. The van der Waals surface area contributed by atoms with Gasteiger partial charge >= 0.3 is 11.5 Å². The van der Waals surface area contributed by atoms with Crippen molar-refractivity contribution >= 4 is 17.0 Å². The van der Waals surface area contributed by atoms with Gasteiger partial charge in [0, 0.05) is 19.2 Å². The molecule has 7 nitrogen and oxygen atoms in total. The molecule has 0 aliphatic heterocycles. The predicted molar refractivity (Wildman–Crippen MR) is 115 cm³/mol. The lowest BCUT2D eigenvalue weighted by molar-refractivity contribution is 0.572. The van der Waals surface area contributed by atoms with E-state index >= 15 is 0 Å².